The fraction of sp³-hybridized carbons (Fsp3) is 0.448. The maximum absolute atomic E-state index is 13.7. The van der Waals surface area contributed by atoms with Gasteiger partial charge in [0, 0.05) is 23.7 Å². The van der Waals surface area contributed by atoms with Crippen molar-refractivity contribution in [3.05, 3.63) is 71.4 Å². The van der Waals surface area contributed by atoms with Gasteiger partial charge < -0.3 is 14.6 Å². The summed E-state index contributed by atoms with van der Waals surface area (Å²) < 4.78 is 45.9. The molecule has 0 radical (unpaired) electrons. The molecule has 194 valence electrons. The van der Waals surface area contributed by atoms with Gasteiger partial charge in [-0.3, -0.25) is 9.59 Å². The number of amides is 1. The zero-order valence-corrected chi connectivity index (χ0v) is 20.7. The Bertz CT molecular complexity index is 1380. The third-order valence-corrected chi connectivity index (χ3v) is 9.24. The lowest BCUT2D eigenvalue weighted by atomic mass is 9.74. The number of benzene rings is 2. The minimum Gasteiger partial charge on any atom is -0.469 e. The van der Waals surface area contributed by atoms with E-state index < -0.39 is 17.2 Å². The molecule has 3 aromatic rings. The molecule has 0 unspecified atom stereocenters. The number of nitrogens with one attached hydrogen (secondary N) is 1. The number of para-hydroxylation sites is 1. The van der Waals surface area contributed by atoms with Crippen LogP contribution in [-0.4, -0.2) is 29.1 Å². The summed E-state index contributed by atoms with van der Waals surface area (Å²) in [6, 6.07) is 12.6. The number of methoxy groups -OCH3 is 1. The Morgan fingerprint density at radius 1 is 0.973 bits per heavy atom. The highest BCUT2D eigenvalue weighted by Crippen LogP contribution is 2.71. The number of hydrogen-bond donors (Lipinski definition) is 1. The molecule has 37 heavy (non-hydrogen) atoms. The fourth-order valence-corrected chi connectivity index (χ4v) is 7.12. The third kappa shape index (κ3) is 3.75. The summed E-state index contributed by atoms with van der Waals surface area (Å²) in [5, 5.41) is 4.28. The largest absolute Gasteiger partial charge is 0.469 e. The van der Waals surface area contributed by atoms with Gasteiger partial charge in [0.1, 0.15) is 0 Å². The molecular formula is C29H29F3N2O3. The van der Waals surface area contributed by atoms with Crippen molar-refractivity contribution in [3.63, 3.8) is 0 Å². The lowest BCUT2D eigenvalue weighted by molar-refractivity contribution is -0.152. The van der Waals surface area contributed by atoms with Crippen molar-refractivity contribution in [2.24, 2.45) is 10.8 Å². The first-order valence-corrected chi connectivity index (χ1v) is 12.8. The molecule has 2 bridgehead atoms. The fourth-order valence-electron chi connectivity index (χ4n) is 7.12. The maximum atomic E-state index is 13.7. The lowest BCUT2D eigenvalue weighted by Crippen LogP contribution is -2.48. The summed E-state index contributed by atoms with van der Waals surface area (Å²) in [6.45, 7) is 0.350. The molecule has 1 aromatic heterocycles. The summed E-state index contributed by atoms with van der Waals surface area (Å²) in [5.74, 6) is -0.271. The van der Waals surface area contributed by atoms with Gasteiger partial charge in [-0.05, 0) is 80.2 Å². The van der Waals surface area contributed by atoms with Crippen LogP contribution in [0.4, 0.5) is 13.2 Å². The van der Waals surface area contributed by atoms with E-state index in [4.69, 9.17) is 4.74 Å². The second-order valence-electron chi connectivity index (χ2n) is 11.1. The Kier molecular flexibility index (Phi) is 5.27. The summed E-state index contributed by atoms with van der Waals surface area (Å²) in [4.78, 5) is 26.3. The lowest BCUT2D eigenvalue weighted by Gasteiger charge is -2.37. The van der Waals surface area contributed by atoms with E-state index >= 15 is 0 Å². The predicted octanol–water partition coefficient (Wildman–Crippen LogP) is 6.09. The molecule has 1 heterocycles. The number of halogens is 3. The Balaban J connectivity index is 1.26. The number of carbonyl (C=O) groups is 2. The average molecular weight is 511 g/mol. The SMILES string of the molecule is COC(=O)C12CCC(C3(NC(=O)c4cccc5ccn(Cc6ccc(C(F)(F)F)cc6)c45)CC3)(CC1)C2. The summed E-state index contributed by atoms with van der Waals surface area (Å²) in [5.41, 5.74) is 0.552. The van der Waals surface area contributed by atoms with Gasteiger partial charge in [0.2, 0.25) is 0 Å². The van der Waals surface area contributed by atoms with Crippen molar-refractivity contribution in [1.82, 2.24) is 9.88 Å². The molecule has 1 N–H and O–H groups in total. The molecule has 0 aliphatic heterocycles. The molecule has 6 rings (SSSR count). The van der Waals surface area contributed by atoms with Crippen molar-refractivity contribution < 1.29 is 27.5 Å². The van der Waals surface area contributed by atoms with Gasteiger partial charge in [-0.1, -0.05) is 24.3 Å². The van der Waals surface area contributed by atoms with Gasteiger partial charge in [-0.2, -0.15) is 13.2 Å². The van der Waals surface area contributed by atoms with Crippen molar-refractivity contribution in [2.75, 3.05) is 7.11 Å². The first-order valence-electron chi connectivity index (χ1n) is 12.8. The summed E-state index contributed by atoms with van der Waals surface area (Å²) in [7, 11) is 1.45. The van der Waals surface area contributed by atoms with Gasteiger partial charge in [0.25, 0.3) is 5.91 Å². The van der Waals surface area contributed by atoms with E-state index in [1.807, 2.05) is 29.0 Å². The first kappa shape index (κ1) is 24.1. The quantitative estimate of drug-likeness (QED) is 0.408. The molecule has 8 heteroatoms. The number of ether oxygens (including phenoxy) is 1. The van der Waals surface area contributed by atoms with Crippen LogP contribution in [-0.2, 0) is 22.3 Å². The number of alkyl halides is 3. The number of hydrogen-bond acceptors (Lipinski definition) is 3. The Hall–Kier alpha value is -3.29. The summed E-state index contributed by atoms with van der Waals surface area (Å²) in [6.07, 6.45) is 3.50. The molecule has 0 saturated heterocycles. The van der Waals surface area contributed by atoms with E-state index in [2.05, 4.69) is 5.32 Å². The Morgan fingerprint density at radius 2 is 1.68 bits per heavy atom. The van der Waals surface area contributed by atoms with Crippen LogP contribution in [0.3, 0.4) is 0 Å². The van der Waals surface area contributed by atoms with Gasteiger partial charge in [-0.15, -0.1) is 0 Å². The first-order chi connectivity index (χ1) is 17.6. The molecule has 0 atom stereocenters. The number of rotatable bonds is 6. The van der Waals surface area contributed by atoms with Crippen molar-refractivity contribution in [1.29, 1.82) is 0 Å². The van der Waals surface area contributed by atoms with Crippen LogP contribution < -0.4 is 5.32 Å². The zero-order chi connectivity index (χ0) is 26.1. The van der Waals surface area contributed by atoms with Crippen LogP contribution >= 0.6 is 0 Å². The molecule has 3 fully saturated rings. The monoisotopic (exact) mass is 510 g/mol. The van der Waals surface area contributed by atoms with Gasteiger partial charge >= 0.3 is 12.1 Å². The second-order valence-corrected chi connectivity index (χ2v) is 11.1. The van der Waals surface area contributed by atoms with Gasteiger partial charge in [0.15, 0.2) is 0 Å². The number of nitrogens with zero attached hydrogens (tertiary/aromatic N) is 1. The summed E-state index contributed by atoms with van der Waals surface area (Å²) >= 11 is 0. The molecule has 2 aromatic carbocycles. The zero-order valence-electron chi connectivity index (χ0n) is 20.7. The van der Waals surface area contributed by atoms with E-state index in [1.54, 1.807) is 6.07 Å². The highest BCUT2D eigenvalue weighted by molar-refractivity contribution is 6.06. The second kappa shape index (κ2) is 8.10. The molecule has 0 spiro atoms. The van der Waals surface area contributed by atoms with Crippen molar-refractivity contribution in [3.8, 4) is 0 Å². The van der Waals surface area contributed by atoms with E-state index in [0.717, 1.165) is 68.0 Å². The molecule has 5 nitrogen and oxygen atoms in total. The van der Waals surface area contributed by atoms with Crippen LogP contribution in [0.1, 0.15) is 66.4 Å². The highest BCUT2D eigenvalue weighted by Gasteiger charge is 2.70. The maximum Gasteiger partial charge on any atom is 0.416 e. The standard InChI is InChI=1S/C29H29F3N2O3/c1-37-25(36)26-10-12-27(18-26,13-11-26)28(14-15-28)33-24(35)22-4-2-3-20-9-16-34(23(20)22)17-19-5-7-21(8-6-19)29(30,31)32/h2-9,16H,10-15,17-18H2,1H3,(H,33,35). The minimum atomic E-state index is -4.38. The van der Waals surface area contributed by atoms with Crippen LogP contribution in [0.2, 0.25) is 0 Å². The molecule has 1 amide bonds. The number of carbonyl (C=O) groups excluding carboxylic acids is 2. The van der Waals surface area contributed by atoms with E-state index in [9.17, 15) is 22.8 Å². The van der Waals surface area contributed by atoms with Crippen molar-refractivity contribution >= 4 is 22.8 Å². The van der Waals surface area contributed by atoms with Crippen LogP contribution in [0, 0.1) is 10.8 Å². The number of esters is 1. The van der Waals surface area contributed by atoms with Crippen LogP contribution in [0.15, 0.2) is 54.7 Å². The Labute approximate surface area is 213 Å². The smallest absolute Gasteiger partial charge is 0.416 e. The average Bonchev–Trinajstić information content (AvgIpc) is 3.24. The number of aromatic nitrogens is 1. The van der Waals surface area contributed by atoms with E-state index in [-0.39, 0.29) is 22.8 Å². The Morgan fingerprint density at radius 3 is 2.30 bits per heavy atom. The van der Waals surface area contributed by atoms with Crippen LogP contribution in [0.25, 0.3) is 10.9 Å². The molecule has 3 aliphatic rings. The topological polar surface area (TPSA) is 60.3 Å². The van der Waals surface area contributed by atoms with E-state index in [1.165, 1.54) is 19.2 Å². The van der Waals surface area contributed by atoms with E-state index in [0.29, 0.717) is 17.7 Å². The van der Waals surface area contributed by atoms with Crippen molar-refractivity contribution in [2.45, 2.75) is 63.2 Å². The number of fused-ring (bicyclic) bond motifs is 3. The van der Waals surface area contributed by atoms with Crippen LogP contribution in [0.5, 0.6) is 0 Å². The third-order valence-electron chi connectivity index (χ3n) is 9.24. The normalized spacial score (nSPS) is 25.8. The molecular weight excluding hydrogens is 481 g/mol. The minimum absolute atomic E-state index is 0.0764. The highest BCUT2D eigenvalue weighted by atomic mass is 19.4. The molecule has 3 saturated carbocycles. The predicted molar refractivity (Wildman–Crippen MR) is 132 cm³/mol. The molecule has 3 aliphatic carbocycles. The van der Waals surface area contributed by atoms with Gasteiger partial charge in [-0.25, -0.2) is 0 Å². The van der Waals surface area contributed by atoms with Gasteiger partial charge in [0.05, 0.1) is 29.2 Å².